The molecule has 0 bridgehead atoms. The topological polar surface area (TPSA) is 66.4 Å². The number of rotatable bonds is 2. The molecule has 2 aromatic carbocycles. The third kappa shape index (κ3) is 2.85. The minimum absolute atomic E-state index is 0.323. The number of aliphatic hydroxyl groups excluding tert-OH is 1. The SMILES string of the molecule is O[C@@H]1[C@H]2O[C@@H](c3ccccc3)O[C@@H]2O[C@@H]2CO[C@H](c3ccccc3)O[C@@H]12. The van der Waals surface area contributed by atoms with Gasteiger partial charge in [-0.05, 0) is 0 Å². The van der Waals surface area contributed by atoms with Gasteiger partial charge >= 0.3 is 0 Å². The van der Waals surface area contributed by atoms with Crippen LogP contribution in [0.5, 0.6) is 0 Å². The number of benzene rings is 2. The van der Waals surface area contributed by atoms with E-state index in [4.69, 9.17) is 23.7 Å². The summed E-state index contributed by atoms with van der Waals surface area (Å²) >= 11 is 0. The lowest BCUT2D eigenvalue weighted by Gasteiger charge is -2.44. The minimum Gasteiger partial charge on any atom is -0.387 e. The highest BCUT2D eigenvalue weighted by Crippen LogP contribution is 2.41. The molecule has 0 saturated carbocycles. The first kappa shape index (κ1) is 16.4. The maximum atomic E-state index is 10.8. The lowest BCUT2D eigenvalue weighted by molar-refractivity contribution is -0.338. The van der Waals surface area contributed by atoms with Crippen LogP contribution in [-0.2, 0) is 23.7 Å². The Morgan fingerprint density at radius 1 is 0.692 bits per heavy atom. The molecule has 3 fully saturated rings. The van der Waals surface area contributed by atoms with E-state index in [-0.39, 0.29) is 0 Å². The van der Waals surface area contributed by atoms with Gasteiger partial charge in [-0.1, -0.05) is 60.7 Å². The van der Waals surface area contributed by atoms with E-state index in [2.05, 4.69) is 0 Å². The lowest BCUT2D eigenvalue weighted by Crippen LogP contribution is -2.60. The fourth-order valence-electron chi connectivity index (χ4n) is 3.66. The van der Waals surface area contributed by atoms with Crippen molar-refractivity contribution in [3.05, 3.63) is 71.8 Å². The summed E-state index contributed by atoms with van der Waals surface area (Å²) in [7, 11) is 0. The number of fused-ring (bicyclic) bond motifs is 2. The molecule has 0 spiro atoms. The van der Waals surface area contributed by atoms with Crippen LogP contribution in [0.1, 0.15) is 23.7 Å². The maximum Gasteiger partial charge on any atom is 0.190 e. The van der Waals surface area contributed by atoms with Crippen molar-refractivity contribution in [2.45, 2.75) is 43.3 Å². The Bertz CT molecular complexity index is 701. The molecular formula is C20H20O6. The largest absolute Gasteiger partial charge is 0.387 e. The smallest absolute Gasteiger partial charge is 0.190 e. The third-order valence-electron chi connectivity index (χ3n) is 4.99. The summed E-state index contributed by atoms with van der Waals surface area (Å²) in [6.07, 6.45) is -4.13. The van der Waals surface area contributed by atoms with Crippen LogP contribution in [0.25, 0.3) is 0 Å². The van der Waals surface area contributed by atoms with Crippen LogP contribution in [0.2, 0.25) is 0 Å². The Kier molecular flexibility index (Phi) is 4.24. The molecule has 1 N–H and O–H groups in total. The molecule has 3 saturated heterocycles. The van der Waals surface area contributed by atoms with Crippen molar-refractivity contribution >= 4 is 0 Å². The van der Waals surface area contributed by atoms with Crippen molar-refractivity contribution in [1.29, 1.82) is 0 Å². The van der Waals surface area contributed by atoms with E-state index in [1.165, 1.54) is 0 Å². The predicted octanol–water partition coefficient (Wildman–Crippen LogP) is 2.30. The molecule has 3 aliphatic heterocycles. The van der Waals surface area contributed by atoms with Gasteiger partial charge in [-0.25, -0.2) is 0 Å². The zero-order chi connectivity index (χ0) is 17.5. The number of aliphatic hydroxyl groups is 1. The molecule has 0 unspecified atom stereocenters. The normalized spacial score (nSPS) is 39.2. The van der Waals surface area contributed by atoms with Crippen molar-refractivity contribution in [2.24, 2.45) is 0 Å². The Labute approximate surface area is 151 Å². The molecule has 3 aliphatic rings. The van der Waals surface area contributed by atoms with E-state index in [1.807, 2.05) is 60.7 Å². The van der Waals surface area contributed by atoms with Crippen LogP contribution in [-0.4, -0.2) is 42.4 Å². The lowest BCUT2D eigenvalue weighted by atomic mass is 9.98. The van der Waals surface area contributed by atoms with Crippen LogP contribution < -0.4 is 0 Å². The van der Waals surface area contributed by atoms with E-state index >= 15 is 0 Å². The zero-order valence-electron chi connectivity index (χ0n) is 14.0. The summed E-state index contributed by atoms with van der Waals surface area (Å²) in [6, 6.07) is 19.3. The van der Waals surface area contributed by atoms with E-state index in [1.54, 1.807) is 0 Å². The standard InChI is InChI=1S/C20H20O6/c21-15-16-14(11-22-18(24-16)12-7-3-1-4-8-12)23-20-17(15)25-19(26-20)13-9-5-2-6-10-13/h1-10,14-21H,11H2/t14-,15+,16-,17-,18+,19-,20+/m1/s1. The third-order valence-corrected chi connectivity index (χ3v) is 4.99. The molecule has 6 nitrogen and oxygen atoms in total. The summed E-state index contributed by atoms with van der Waals surface area (Å²) in [5.74, 6) is 0. The van der Waals surface area contributed by atoms with Gasteiger partial charge < -0.3 is 28.8 Å². The van der Waals surface area contributed by atoms with Gasteiger partial charge in [-0.3, -0.25) is 0 Å². The molecule has 0 radical (unpaired) electrons. The zero-order valence-corrected chi connectivity index (χ0v) is 14.0. The van der Waals surface area contributed by atoms with E-state index in [0.29, 0.717) is 6.61 Å². The summed E-state index contributed by atoms with van der Waals surface area (Å²) in [4.78, 5) is 0. The predicted molar refractivity (Wildman–Crippen MR) is 89.8 cm³/mol. The fourth-order valence-corrected chi connectivity index (χ4v) is 3.66. The number of hydrogen-bond acceptors (Lipinski definition) is 6. The average Bonchev–Trinajstić information content (AvgIpc) is 3.14. The second kappa shape index (κ2) is 6.74. The van der Waals surface area contributed by atoms with Crippen LogP contribution in [0.4, 0.5) is 0 Å². The van der Waals surface area contributed by atoms with Gasteiger partial charge in [0.2, 0.25) is 0 Å². The molecule has 0 aliphatic carbocycles. The summed E-state index contributed by atoms with van der Waals surface area (Å²) in [6.45, 7) is 0.323. The van der Waals surface area contributed by atoms with Crippen LogP contribution in [0.15, 0.2) is 60.7 Å². The summed E-state index contributed by atoms with van der Waals surface area (Å²) in [5, 5.41) is 10.8. The highest BCUT2D eigenvalue weighted by atomic mass is 16.8. The van der Waals surface area contributed by atoms with Crippen LogP contribution in [0, 0.1) is 0 Å². The molecule has 26 heavy (non-hydrogen) atoms. The van der Waals surface area contributed by atoms with Gasteiger partial charge in [0, 0.05) is 11.1 Å². The molecule has 0 aromatic heterocycles. The van der Waals surface area contributed by atoms with Gasteiger partial charge in [0.05, 0.1) is 6.61 Å². The Morgan fingerprint density at radius 3 is 2.00 bits per heavy atom. The van der Waals surface area contributed by atoms with Gasteiger partial charge in [0.1, 0.15) is 24.4 Å². The van der Waals surface area contributed by atoms with E-state index in [9.17, 15) is 5.11 Å². The monoisotopic (exact) mass is 356 g/mol. The van der Waals surface area contributed by atoms with Gasteiger partial charge in [0.25, 0.3) is 0 Å². The first-order valence-electron chi connectivity index (χ1n) is 8.81. The number of hydrogen-bond donors (Lipinski definition) is 1. The fraction of sp³-hybridized carbons (Fsp3) is 0.400. The van der Waals surface area contributed by atoms with E-state index < -0.39 is 43.3 Å². The molecule has 6 heteroatoms. The molecule has 2 aromatic rings. The molecule has 7 atom stereocenters. The van der Waals surface area contributed by atoms with Gasteiger partial charge in [-0.2, -0.15) is 0 Å². The Balaban J connectivity index is 1.33. The number of ether oxygens (including phenoxy) is 5. The van der Waals surface area contributed by atoms with Crippen molar-refractivity contribution in [3.63, 3.8) is 0 Å². The molecule has 3 heterocycles. The average molecular weight is 356 g/mol. The Morgan fingerprint density at radius 2 is 1.31 bits per heavy atom. The Hall–Kier alpha value is -1.80. The van der Waals surface area contributed by atoms with Gasteiger partial charge in [0.15, 0.2) is 18.9 Å². The van der Waals surface area contributed by atoms with Crippen molar-refractivity contribution in [1.82, 2.24) is 0 Å². The second-order valence-corrected chi connectivity index (χ2v) is 6.69. The minimum atomic E-state index is -0.859. The first-order valence-corrected chi connectivity index (χ1v) is 8.81. The second-order valence-electron chi connectivity index (χ2n) is 6.69. The molecule has 0 amide bonds. The quantitative estimate of drug-likeness (QED) is 0.891. The highest BCUT2D eigenvalue weighted by molar-refractivity contribution is 5.18. The highest BCUT2D eigenvalue weighted by Gasteiger charge is 2.54. The van der Waals surface area contributed by atoms with E-state index in [0.717, 1.165) is 11.1 Å². The van der Waals surface area contributed by atoms with Crippen molar-refractivity contribution < 1.29 is 28.8 Å². The summed E-state index contributed by atoms with van der Waals surface area (Å²) < 4.78 is 29.6. The maximum absolute atomic E-state index is 10.8. The van der Waals surface area contributed by atoms with Crippen molar-refractivity contribution in [3.8, 4) is 0 Å². The van der Waals surface area contributed by atoms with Crippen LogP contribution in [0.3, 0.4) is 0 Å². The van der Waals surface area contributed by atoms with Gasteiger partial charge in [-0.15, -0.1) is 0 Å². The molecule has 5 rings (SSSR count). The van der Waals surface area contributed by atoms with Crippen molar-refractivity contribution in [2.75, 3.05) is 6.61 Å². The molecular weight excluding hydrogens is 336 g/mol. The summed E-state index contributed by atoms with van der Waals surface area (Å²) in [5.41, 5.74) is 1.80. The van der Waals surface area contributed by atoms with Crippen LogP contribution >= 0.6 is 0 Å². The molecule has 136 valence electrons. The first-order chi connectivity index (χ1) is 12.8.